The summed E-state index contributed by atoms with van der Waals surface area (Å²) in [6.07, 6.45) is 1.22. The number of carbonyl (C=O) groups is 1. The number of phenolic OH excluding ortho intramolecular Hbond substituents is 1. The minimum Gasteiger partial charge on any atom is -0.504 e. The van der Waals surface area contributed by atoms with Crippen molar-refractivity contribution in [2.45, 2.75) is 4.90 Å². The van der Waals surface area contributed by atoms with Gasteiger partial charge >= 0.3 is 0 Å². The molecule has 0 fully saturated rings. The highest BCUT2D eigenvalue weighted by Crippen LogP contribution is 2.32. The summed E-state index contributed by atoms with van der Waals surface area (Å²) in [6, 6.07) is 17.0. The zero-order chi connectivity index (χ0) is 25.4. The maximum absolute atomic E-state index is 13.5. The van der Waals surface area contributed by atoms with Crippen LogP contribution in [0.15, 0.2) is 76.7 Å². The van der Waals surface area contributed by atoms with E-state index in [-0.39, 0.29) is 27.8 Å². The molecule has 0 spiro atoms. The van der Waals surface area contributed by atoms with Gasteiger partial charge in [0.25, 0.3) is 15.9 Å². The Bertz CT molecular complexity index is 1310. The number of nitrogens with zero attached hydrogens (tertiary/aromatic N) is 2. The van der Waals surface area contributed by atoms with E-state index in [1.165, 1.54) is 57.9 Å². The number of phenols is 1. The highest BCUT2D eigenvalue weighted by atomic mass is 32.2. The second-order valence-corrected chi connectivity index (χ2v) is 8.91. The molecule has 10 nitrogen and oxygen atoms in total. The molecule has 35 heavy (non-hydrogen) atoms. The predicted molar refractivity (Wildman–Crippen MR) is 131 cm³/mol. The van der Waals surface area contributed by atoms with Crippen molar-refractivity contribution < 1.29 is 32.5 Å². The Balaban J connectivity index is 1.89. The van der Waals surface area contributed by atoms with Crippen molar-refractivity contribution in [3.05, 3.63) is 72.3 Å². The molecule has 0 bridgehead atoms. The van der Waals surface area contributed by atoms with E-state index in [0.717, 1.165) is 4.31 Å². The van der Waals surface area contributed by atoms with Gasteiger partial charge in [-0.3, -0.25) is 9.10 Å². The third kappa shape index (κ3) is 5.82. The van der Waals surface area contributed by atoms with Crippen molar-refractivity contribution in [2.24, 2.45) is 5.10 Å². The minimum atomic E-state index is -4.17. The van der Waals surface area contributed by atoms with Gasteiger partial charge in [-0.1, -0.05) is 18.2 Å². The molecule has 0 aliphatic carbocycles. The Morgan fingerprint density at radius 2 is 1.60 bits per heavy atom. The highest BCUT2D eigenvalue weighted by molar-refractivity contribution is 7.92. The predicted octanol–water partition coefficient (Wildman–Crippen LogP) is 2.76. The van der Waals surface area contributed by atoms with E-state index in [1.807, 2.05) is 0 Å². The van der Waals surface area contributed by atoms with Gasteiger partial charge in [0.05, 0.1) is 38.1 Å². The first-order valence-corrected chi connectivity index (χ1v) is 11.7. The molecule has 1 amide bonds. The van der Waals surface area contributed by atoms with Crippen molar-refractivity contribution >= 4 is 27.8 Å². The summed E-state index contributed by atoms with van der Waals surface area (Å²) in [5.41, 5.74) is 2.77. The fourth-order valence-electron chi connectivity index (χ4n) is 3.16. The maximum atomic E-state index is 13.5. The Kier molecular flexibility index (Phi) is 8.16. The van der Waals surface area contributed by atoms with Gasteiger partial charge < -0.3 is 19.3 Å². The third-order valence-electron chi connectivity index (χ3n) is 4.93. The second kappa shape index (κ2) is 11.3. The van der Waals surface area contributed by atoms with Gasteiger partial charge in [-0.2, -0.15) is 5.10 Å². The molecular formula is C24H25N3O7S. The first-order chi connectivity index (χ1) is 16.8. The van der Waals surface area contributed by atoms with Gasteiger partial charge in [-0.05, 0) is 48.5 Å². The van der Waals surface area contributed by atoms with Crippen LogP contribution in [0.4, 0.5) is 5.69 Å². The average Bonchev–Trinajstić information content (AvgIpc) is 2.88. The minimum absolute atomic E-state index is 0.0400. The summed E-state index contributed by atoms with van der Waals surface area (Å²) in [5.74, 6) is 0.133. The van der Waals surface area contributed by atoms with E-state index in [4.69, 9.17) is 14.2 Å². The molecular weight excluding hydrogens is 474 g/mol. The number of carbonyl (C=O) groups excluding carboxylic acids is 1. The topological polar surface area (TPSA) is 127 Å². The maximum Gasteiger partial charge on any atom is 0.264 e. The number of aromatic hydroxyl groups is 1. The summed E-state index contributed by atoms with van der Waals surface area (Å²) < 4.78 is 43.4. The first-order valence-electron chi connectivity index (χ1n) is 10.3. The molecule has 0 aliphatic heterocycles. The van der Waals surface area contributed by atoms with E-state index in [0.29, 0.717) is 11.3 Å². The molecule has 3 rings (SSSR count). The molecule has 0 saturated carbocycles. The molecule has 0 unspecified atom stereocenters. The Labute approximate surface area is 203 Å². The smallest absolute Gasteiger partial charge is 0.264 e. The standard InChI is InChI=1S/C24H25N3O7S/c1-32-18-11-13-19(14-12-18)35(30,31)27(20-8-4-5-9-21(20)33-2)16-23(28)26-25-15-17-7-6-10-22(34-3)24(17)29/h4-15,29H,16H2,1-3H3,(H,26,28)/b25-15-. The Hall–Kier alpha value is -4.25. The zero-order valence-electron chi connectivity index (χ0n) is 19.3. The lowest BCUT2D eigenvalue weighted by Gasteiger charge is -2.25. The molecule has 0 heterocycles. The molecule has 11 heteroatoms. The van der Waals surface area contributed by atoms with E-state index >= 15 is 0 Å². The van der Waals surface area contributed by atoms with Crippen LogP contribution < -0.4 is 23.9 Å². The van der Waals surface area contributed by atoms with Crippen LogP contribution in [0, 0.1) is 0 Å². The Morgan fingerprint density at radius 3 is 2.26 bits per heavy atom. The van der Waals surface area contributed by atoms with Crippen LogP contribution in [0.5, 0.6) is 23.0 Å². The van der Waals surface area contributed by atoms with Crippen LogP contribution in [0.3, 0.4) is 0 Å². The normalized spacial score (nSPS) is 11.2. The molecule has 0 aromatic heterocycles. The number of anilines is 1. The summed E-state index contributed by atoms with van der Waals surface area (Å²) in [5, 5.41) is 14.0. The van der Waals surface area contributed by atoms with Crippen molar-refractivity contribution in [1.82, 2.24) is 5.43 Å². The van der Waals surface area contributed by atoms with Gasteiger partial charge in [0, 0.05) is 5.56 Å². The number of hydrogen-bond acceptors (Lipinski definition) is 8. The number of hydrogen-bond donors (Lipinski definition) is 2. The molecule has 3 aromatic carbocycles. The molecule has 3 aromatic rings. The fraction of sp³-hybridized carbons (Fsp3) is 0.167. The number of amides is 1. The summed E-state index contributed by atoms with van der Waals surface area (Å²) in [6.45, 7) is -0.587. The highest BCUT2D eigenvalue weighted by Gasteiger charge is 2.29. The second-order valence-electron chi connectivity index (χ2n) is 7.05. The lowest BCUT2D eigenvalue weighted by atomic mass is 10.2. The summed E-state index contributed by atoms with van der Waals surface area (Å²) >= 11 is 0. The number of sulfonamides is 1. The number of ether oxygens (including phenoxy) is 3. The van der Waals surface area contributed by atoms with Crippen molar-refractivity contribution in [3.8, 4) is 23.0 Å². The number of rotatable bonds is 10. The Morgan fingerprint density at radius 1 is 0.943 bits per heavy atom. The van der Waals surface area contributed by atoms with Crippen LogP contribution in [0.25, 0.3) is 0 Å². The van der Waals surface area contributed by atoms with E-state index in [1.54, 1.807) is 36.4 Å². The fourth-order valence-corrected chi connectivity index (χ4v) is 4.59. The first kappa shape index (κ1) is 25.4. The number of hydrazone groups is 1. The number of para-hydroxylation sites is 3. The van der Waals surface area contributed by atoms with E-state index in [2.05, 4.69) is 10.5 Å². The van der Waals surface area contributed by atoms with Crippen LogP contribution >= 0.6 is 0 Å². The zero-order valence-corrected chi connectivity index (χ0v) is 20.2. The molecule has 2 N–H and O–H groups in total. The molecule has 0 aliphatic rings. The van der Waals surface area contributed by atoms with Crippen molar-refractivity contribution in [1.29, 1.82) is 0 Å². The lowest BCUT2D eigenvalue weighted by molar-refractivity contribution is -0.119. The summed E-state index contributed by atoms with van der Waals surface area (Å²) in [4.78, 5) is 12.7. The largest absolute Gasteiger partial charge is 0.504 e. The van der Waals surface area contributed by atoms with Crippen molar-refractivity contribution in [2.75, 3.05) is 32.2 Å². The van der Waals surface area contributed by atoms with Gasteiger partial charge in [-0.15, -0.1) is 0 Å². The molecule has 0 radical (unpaired) electrons. The molecule has 184 valence electrons. The third-order valence-corrected chi connectivity index (χ3v) is 6.71. The summed E-state index contributed by atoms with van der Waals surface area (Å²) in [7, 11) is 0.117. The lowest BCUT2D eigenvalue weighted by Crippen LogP contribution is -2.39. The number of nitrogens with one attached hydrogen (secondary N) is 1. The van der Waals surface area contributed by atoms with Crippen LogP contribution in [0.1, 0.15) is 5.56 Å². The van der Waals surface area contributed by atoms with E-state index < -0.39 is 22.5 Å². The van der Waals surface area contributed by atoms with Crippen LogP contribution in [0.2, 0.25) is 0 Å². The number of methoxy groups -OCH3 is 3. The van der Waals surface area contributed by atoms with E-state index in [9.17, 15) is 18.3 Å². The van der Waals surface area contributed by atoms with Gasteiger partial charge in [-0.25, -0.2) is 13.8 Å². The van der Waals surface area contributed by atoms with Crippen LogP contribution in [-0.2, 0) is 14.8 Å². The average molecular weight is 500 g/mol. The molecule has 0 atom stereocenters. The van der Waals surface area contributed by atoms with Crippen LogP contribution in [-0.4, -0.2) is 53.5 Å². The van der Waals surface area contributed by atoms with Gasteiger partial charge in [0.15, 0.2) is 11.5 Å². The SMILES string of the molecule is COc1ccc(S(=O)(=O)N(CC(=O)N/N=C\c2cccc(OC)c2O)c2ccccc2OC)cc1. The van der Waals surface area contributed by atoms with Crippen molar-refractivity contribution in [3.63, 3.8) is 0 Å². The number of benzene rings is 3. The monoisotopic (exact) mass is 499 g/mol. The van der Waals surface area contributed by atoms with Gasteiger partial charge in [0.2, 0.25) is 0 Å². The van der Waals surface area contributed by atoms with Gasteiger partial charge in [0.1, 0.15) is 18.0 Å². The molecule has 0 saturated heterocycles. The quantitative estimate of drug-likeness (QED) is 0.324.